The molecule has 2 aliphatic heterocycles. The van der Waals surface area contributed by atoms with Gasteiger partial charge in [-0.25, -0.2) is 0 Å². The molecule has 0 amide bonds. The third-order valence-electron chi connectivity index (χ3n) is 5.50. The van der Waals surface area contributed by atoms with Crippen LogP contribution in [0.2, 0.25) is 0 Å². The Hall–Kier alpha value is -1.11. The summed E-state index contributed by atoms with van der Waals surface area (Å²) in [6.07, 6.45) is -3.16. The first-order valence-electron chi connectivity index (χ1n) is 10.6. The number of aliphatic hydroxyl groups excluding tert-OH is 1. The minimum absolute atomic E-state index is 0. The van der Waals surface area contributed by atoms with Gasteiger partial charge in [0.05, 0.1) is 19.2 Å². The van der Waals surface area contributed by atoms with Crippen LogP contribution in [0.15, 0.2) is 29.3 Å². The van der Waals surface area contributed by atoms with E-state index in [1.807, 2.05) is 13.0 Å². The van der Waals surface area contributed by atoms with Gasteiger partial charge in [0.25, 0.3) is 0 Å². The molecule has 0 aliphatic carbocycles. The van der Waals surface area contributed by atoms with E-state index in [0.717, 1.165) is 19.5 Å². The summed E-state index contributed by atoms with van der Waals surface area (Å²) >= 11 is 0. The Morgan fingerprint density at radius 3 is 2.68 bits per heavy atom. The van der Waals surface area contributed by atoms with Gasteiger partial charge in [-0.15, -0.1) is 24.0 Å². The van der Waals surface area contributed by atoms with Gasteiger partial charge in [-0.05, 0) is 30.9 Å². The zero-order valence-corrected chi connectivity index (χ0v) is 20.2. The number of alkyl halides is 3. The zero-order valence-electron chi connectivity index (χ0n) is 17.9. The third-order valence-corrected chi connectivity index (χ3v) is 5.50. The Morgan fingerprint density at radius 2 is 1.97 bits per heavy atom. The second kappa shape index (κ2) is 12.2. The summed E-state index contributed by atoms with van der Waals surface area (Å²) in [4.78, 5) is 8.10. The van der Waals surface area contributed by atoms with Crippen LogP contribution in [0.1, 0.15) is 24.5 Å². The molecular weight excluding hydrogens is 522 g/mol. The van der Waals surface area contributed by atoms with Crippen molar-refractivity contribution >= 4 is 29.9 Å². The highest BCUT2D eigenvalue weighted by atomic mass is 127. The summed E-state index contributed by atoms with van der Waals surface area (Å²) in [7, 11) is 0. The van der Waals surface area contributed by atoms with Crippen LogP contribution in [0, 0.1) is 0 Å². The number of guanidine groups is 1. The molecule has 31 heavy (non-hydrogen) atoms. The maximum Gasteiger partial charge on any atom is 0.401 e. The van der Waals surface area contributed by atoms with Gasteiger partial charge in [-0.3, -0.25) is 14.8 Å². The normalized spacial score (nSPS) is 21.3. The summed E-state index contributed by atoms with van der Waals surface area (Å²) in [5.41, 5.74) is 2.68. The van der Waals surface area contributed by atoms with E-state index in [4.69, 9.17) is 0 Å². The van der Waals surface area contributed by atoms with Crippen molar-refractivity contribution < 1.29 is 18.3 Å². The van der Waals surface area contributed by atoms with Crippen LogP contribution >= 0.6 is 24.0 Å². The summed E-state index contributed by atoms with van der Waals surface area (Å²) in [6, 6.07) is 8.29. The van der Waals surface area contributed by atoms with E-state index in [9.17, 15) is 18.3 Å². The van der Waals surface area contributed by atoms with Gasteiger partial charge < -0.3 is 15.7 Å². The lowest BCUT2D eigenvalue weighted by Crippen LogP contribution is -2.46. The summed E-state index contributed by atoms with van der Waals surface area (Å²) < 4.78 is 37.7. The number of hydrogen-bond acceptors (Lipinski definition) is 4. The van der Waals surface area contributed by atoms with E-state index >= 15 is 0 Å². The number of likely N-dealkylation sites (tertiary alicyclic amines) is 1. The minimum atomic E-state index is -4.17. The van der Waals surface area contributed by atoms with Crippen molar-refractivity contribution in [3.63, 3.8) is 0 Å². The third kappa shape index (κ3) is 8.74. The Kier molecular flexibility index (Phi) is 10.3. The molecule has 0 saturated carbocycles. The second-order valence-electron chi connectivity index (χ2n) is 8.11. The van der Waals surface area contributed by atoms with E-state index < -0.39 is 18.8 Å². The number of hydrogen-bond donors (Lipinski definition) is 3. The molecule has 1 aromatic carbocycles. The number of aliphatic hydroxyl groups is 1. The lowest BCUT2D eigenvalue weighted by atomic mass is 10.00. The molecule has 176 valence electrons. The first-order valence-corrected chi connectivity index (χ1v) is 10.6. The number of fused-ring (bicyclic) bond motifs is 1. The lowest BCUT2D eigenvalue weighted by Gasteiger charge is -2.30. The molecule has 10 heteroatoms. The molecule has 3 rings (SSSR count). The fourth-order valence-electron chi connectivity index (χ4n) is 4.12. The highest BCUT2D eigenvalue weighted by Crippen LogP contribution is 2.20. The Labute approximate surface area is 199 Å². The van der Waals surface area contributed by atoms with Crippen molar-refractivity contribution in [2.45, 2.75) is 44.6 Å². The molecular formula is C21H33F3IN5O. The van der Waals surface area contributed by atoms with Crippen molar-refractivity contribution in [3.8, 4) is 0 Å². The molecule has 2 atom stereocenters. The van der Waals surface area contributed by atoms with Crippen LogP contribution in [0.4, 0.5) is 13.2 Å². The molecule has 0 bridgehead atoms. The van der Waals surface area contributed by atoms with Crippen molar-refractivity contribution in [1.82, 2.24) is 20.4 Å². The number of β-amino-alcohol motifs (C(OH)–C–C–N with tert-alkyl or cyclic N) is 1. The van der Waals surface area contributed by atoms with Crippen molar-refractivity contribution in [2.75, 3.05) is 45.8 Å². The number of nitrogens with zero attached hydrogens (tertiary/aromatic N) is 3. The first kappa shape index (κ1) is 26.1. The molecule has 1 aromatic rings. The molecule has 2 aliphatic rings. The van der Waals surface area contributed by atoms with E-state index in [-0.39, 0.29) is 36.6 Å². The predicted molar refractivity (Wildman–Crippen MR) is 127 cm³/mol. The maximum absolute atomic E-state index is 12.6. The van der Waals surface area contributed by atoms with E-state index in [0.29, 0.717) is 38.6 Å². The van der Waals surface area contributed by atoms with Gasteiger partial charge in [0, 0.05) is 45.3 Å². The lowest BCUT2D eigenvalue weighted by molar-refractivity contribution is -0.143. The van der Waals surface area contributed by atoms with E-state index in [1.54, 1.807) is 0 Å². The number of halogens is 4. The largest absolute Gasteiger partial charge is 0.401 e. The molecule has 0 spiro atoms. The molecule has 3 N–H and O–H groups in total. The molecule has 2 heterocycles. The average molecular weight is 555 g/mol. The SMILES string of the molecule is CCNC(=NCC(O)CN1CCc2ccccc2C1)NC1CCN(CC(F)(F)F)C1.I. The van der Waals surface area contributed by atoms with Crippen LogP contribution < -0.4 is 10.6 Å². The topological polar surface area (TPSA) is 63.1 Å². The van der Waals surface area contributed by atoms with Gasteiger partial charge in [0.15, 0.2) is 5.96 Å². The fourth-order valence-corrected chi connectivity index (χ4v) is 4.12. The maximum atomic E-state index is 12.6. The monoisotopic (exact) mass is 555 g/mol. The van der Waals surface area contributed by atoms with Crippen LogP contribution in [0.5, 0.6) is 0 Å². The number of aliphatic imine (C=N–C) groups is 1. The standard InChI is InChI=1S/C21H32F3N5O.HI/c1-2-25-20(27-18-8-10-29(13-18)15-21(22,23)24)26-11-19(30)14-28-9-7-16-5-3-4-6-17(16)12-28;/h3-6,18-19,30H,2,7-15H2,1H3,(H2,25,26,27);1H. The number of benzene rings is 1. The van der Waals surface area contributed by atoms with Crippen LogP contribution in [0.3, 0.4) is 0 Å². The Morgan fingerprint density at radius 1 is 1.23 bits per heavy atom. The summed E-state index contributed by atoms with van der Waals surface area (Å²) in [5.74, 6) is 0.541. The van der Waals surface area contributed by atoms with Crippen molar-refractivity contribution in [3.05, 3.63) is 35.4 Å². The summed E-state index contributed by atoms with van der Waals surface area (Å²) in [6.45, 7) is 4.96. The average Bonchev–Trinajstić information content (AvgIpc) is 3.11. The second-order valence-corrected chi connectivity index (χ2v) is 8.11. The minimum Gasteiger partial charge on any atom is -0.390 e. The highest BCUT2D eigenvalue weighted by Gasteiger charge is 2.34. The summed E-state index contributed by atoms with van der Waals surface area (Å²) in [5, 5.41) is 16.8. The van der Waals surface area contributed by atoms with Crippen LogP contribution in [-0.2, 0) is 13.0 Å². The van der Waals surface area contributed by atoms with Gasteiger partial charge in [-0.1, -0.05) is 24.3 Å². The molecule has 0 radical (unpaired) electrons. The predicted octanol–water partition coefficient (Wildman–Crippen LogP) is 2.22. The van der Waals surface area contributed by atoms with Crippen molar-refractivity contribution in [2.24, 2.45) is 4.99 Å². The zero-order chi connectivity index (χ0) is 21.6. The first-order chi connectivity index (χ1) is 14.3. The van der Waals surface area contributed by atoms with E-state index in [2.05, 4.69) is 38.7 Å². The molecule has 1 saturated heterocycles. The quantitative estimate of drug-likeness (QED) is 0.274. The number of nitrogens with one attached hydrogen (secondary N) is 2. The van der Waals surface area contributed by atoms with Gasteiger partial charge in [-0.2, -0.15) is 13.2 Å². The van der Waals surface area contributed by atoms with Gasteiger partial charge in [0.2, 0.25) is 0 Å². The molecule has 6 nitrogen and oxygen atoms in total. The Balaban J connectivity index is 0.00000341. The Bertz CT molecular complexity index is 719. The number of rotatable bonds is 7. The molecule has 0 aromatic heterocycles. The van der Waals surface area contributed by atoms with Crippen molar-refractivity contribution in [1.29, 1.82) is 0 Å². The smallest absolute Gasteiger partial charge is 0.390 e. The van der Waals surface area contributed by atoms with E-state index in [1.165, 1.54) is 16.0 Å². The van der Waals surface area contributed by atoms with Crippen LogP contribution in [0.25, 0.3) is 0 Å². The highest BCUT2D eigenvalue weighted by molar-refractivity contribution is 14.0. The molecule has 2 unspecified atom stereocenters. The van der Waals surface area contributed by atoms with Gasteiger partial charge >= 0.3 is 6.18 Å². The fraction of sp³-hybridized carbons (Fsp3) is 0.667. The molecule has 1 fully saturated rings. The van der Waals surface area contributed by atoms with Gasteiger partial charge in [0.1, 0.15) is 0 Å². The van der Waals surface area contributed by atoms with Crippen LogP contribution in [-0.4, -0.2) is 85.0 Å².